The summed E-state index contributed by atoms with van der Waals surface area (Å²) in [5, 5.41) is 7.71. The fourth-order valence-corrected chi connectivity index (χ4v) is 4.26. The molecule has 2 aromatic heterocycles. The van der Waals surface area contributed by atoms with Crippen molar-refractivity contribution in [3.63, 3.8) is 0 Å². The maximum absolute atomic E-state index is 13.3. The van der Waals surface area contributed by atoms with Gasteiger partial charge in [-0.3, -0.25) is 19.3 Å². The number of rotatable bonds is 5. The minimum Gasteiger partial charge on any atom is -0.326 e. The van der Waals surface area contributed by atoms with Crippen LogP contribution in [-0.4, -0.2) is 38.0 Å². The molecule has 0 aliphatic carbocycles. The maximum Gasteiger partial charge on any atom is 0.257 e. The molecule has 0 fully saturated rings. The Bertz CT molecular complexity index is 1210. The van der Waals surface area contributed by atoms with E-state index in [0.29, 0.717) is 38.2 Å². The Hall–Kier alpha value is -2.94. The van der Waals surface area contributed by atoms with Crippen molar-refractivity contribution in [3.8, 4) is 11.1 Å². The summed E-state index contributed by atoms with van der Waals surface area (Å²) in [5.41, 5.74) is 9.76. The van der Waals surface area contributed by atoms with Gasteiger partial charge in [-0.25, -0.2) is 0 Å². The molecule has 31 heavy (non-hydrogen) atoms. The number of carbonyl (C=O) groups excluding carboxylic acids is 2. The zero-order valence-corrected chi connectivity index (χ0v) is 18.5. The van der Waals surface area contributed by atoms with Crippen LogP contribution >= 0.6 is 23.2 Å². The number of benzene rings is 1. The first-order chi connectivity index (χ1) is 14.8. The fourth-order valence-electron chi connectivity index (χ4n) is 3.76. The molecular weight excluding hydrogens is 439 g/mol. The van der Waals surface area contributed by atoms with E-state index in [-0.39, 0.29) is 31.4 Å². The average Bonchev–Trinajstić information content (AvgIpc) is 3.23. The molecule has 3 N–H and O–H groups in total. The van der Waals surface area contributed by atoms with Crippen molar-refractivity contribution < 1.29 is 9.59 Å². The normalized spacial score (nSPS) is 12.9. The number of nitrogens with one attached hydrogen (secondary N) is 1. The average molecular weight is 459 g/mol. The summed E-state index contributed by atoms with van der Waals surface area (Å²) in [4.78, 5) is 31.8. The van der Waals surface area contributed by atoms with Crippen molar-refractivity contribution in [2.75, 3.05) is 11.9 Å². The third-order valence-electron chi connectivity index (χ3n) is 5.14. The van der Waals surface area contributed by atoms with Crippen molar-refractivity contribution in [2.45, 2.75) is 20.0 Å². The number of aryl methyl sites for hydroxylation is 2. The van der Waals surface area contributed by atoms with Gasteiger partial charge in [-0.1, -0.05) is 29.3 Å². The van der Waals surface area contributed by atoms with Gasteiger partial charge in [0.25, 0.3) is 5.91 Å². The van der Waals surface area contributed by atoms with Crippen molar-refractivity contribution in [1.82, 2.24) is 19.7 Å². The molecule has 0 radical (unpaired) electrons. The molecule has 2 amide bonds. The van der Waals surface area contributed by atoms with Gasteiger partial charge in [0.15, 0.2) is 5.82 Å². The largest absolute Gasteiger partial charge is 0.326 e. The van der Waals surface area contributed by atoms with Crippen LogP contribution < -0.4 is 11.1 Å². The standard InChI is InChI=1S/C21H20Cl2N6O2/c1-11-14(8-24)19(13-4-3-12(22)7-15(13)23)20-16(25-11)9-29(21(20)31)10-18(30)26-17-5-6-28(2)27-17/h3-7H,8-10,24H2,1-2H3,(H,26,27,30). The quantitative estimate of drug-likeness (QED) is 0.610. The highest BCUT2D eigenvalue weighted by molar-refractivity contribution is 6.36. The summed E-state index contributed by atoms with van der Waals surface area (Å²) >= 11 is 12.5. The van der Waals surface area contributed by atoms with E-state index in [9.17, 15) is 9.59 Å². The number of nitrogens with zero attached hydrogens (tertiary/aromatic N) is 4. The monoisotopic (exact) mass is 458 g/mol. The lowest BCUT2D eigenvalue weighted by atomic mass is 9.93. The number of anilines is 1. The third-order valence-corrected chi connectivity index (χ3v) is 5.69. The molecule has 0 atom stereocenters. The summed E-state index contributed by atoms with van der Waals surface area (Å²) in [5.74, 6) is -0.222. The van der Waals surface area contributed by atoms with Crippen molar-refractivity contribution in [2.24, 2.45) is 12.8 Å². The zero-order valence-electron chi connectivity index (χ0n) is 16.9. The Labute approximate surface area is 189 Å². The number of hydrogen-bond donors (Lipinski definition) is 2. The van der Waals surface area contributed by atoms with Gasteiger partial charge in [0, 0.05) is 52.7 Å². The molecule has 0 saturated heterocycles. The van der Waals surface area contributed by atoms with Crippen LogP contribution in [0, 0.1) is 6.92 Å². The topological polar surface area (TPSA) is 106 Å². The zero-order chi connectivity index (χ0) is 22.3. The van der Waals surface area contributed by atoms with Gasteiger partial charge in [-0.05, 0) is 24.6 Å². The first kappa shape index (κ1) is 21.3. The van der Waals surface area contributed by atoms with Crippen LogP contribution in [0.4, 0.5) is 5.82 Å². The second kappa shape index (κ2) is 8.30. The molecule has 3 heterocycles. The Kier molecular flexibility index (Phi) is 5.70. The Balaban J connectivity index is 1.69. The number of carbonyl (C=O) groups is 2. The van der Waals surface area contributed by atoms with Gasteiger partial charge >= 0.3 is 0 Å². The van der Waals surface area contributed by atoms with Crippen LogP contribution in [0.1, 0.15) is 27.3 Å². The van der Waals surface area contributed by atoms with Gasteiger partial charge in [0.2, 0.25) is 5.91 Å². The number of aromatic nitrogens is 3. The molecule has 3 aromatic rings. The van der Waals surface area contributed by atoms with E-state index in [1.54, 1.807) is 42.2 Å². The molecule has 160 valence electrons. The Morgan fingerprint density at radius 1 is 1.26 bits per heavy atom. The van der Waals surface area contributed by atoms with Gasteiger partial charge in [-0.2, -0.15) is 5.10 Å². The van der Waals surface area contributed by atoms with E-state index in [0.717, 1.165) is 11.3 Å². The lowest BCUT2D eigenvalue weighted by Gasteiger charge is -2.17. The van der Waals surface area contributed by atoms with E-state index in [1.807, 2.05) is 6.92 Å². The van der Waals surface area contributed by atoms with E-state index < -0.39 is 0 Å². The molecule has 1 aromatic carbocycles. The fraction of sp³-hybridized carbons (Fsp3) is 0.238. The summed E-state index contributed by atoms with van der Waals surface area (Å²) < 4.78 is 1.58. The van der Waals surface area contributed by atoms with Crippen LogP contribution in [0.2, 0.25) is 10.0 Å². The predicted octanol–water partition coefficient (Wildman–Crippen LogP) is 3.15. The van der Waals surface area contributed by atoms with Crippen LogP contribution in [0.15, 0.2) is 30.5 Å². The lowest BCUT2D eigenvalue weighted by Crippen LogP contribution is -2.33. The van der Waals surface area contributed by atoms with Crippen molar-refractivity contribution >= 4 is 40.8 Å². The molecule has 0 spiro atoms. The van der Waals surface area contributed by atoms with E-state index in [1.165, 1.54) is 4.90 Å². The van der Waals surface area contributed by atoms with Crippen LogP contribution in [-0.2, 0) is 24.9 Å². The number of fused-ring (bicyclic) bond motifs is 1. The Morgan fingerprint density at radius 2 is 2.03 bits per heavy atom. The van der Waals surface area contributed by atoms with E-state index in [4.69, 9.17) is 28.9 Å². The molecule has 1 aliphatic rings. The maximum atomic E-state index is 13.3. The summed E-state index contributed by atoms with van der Waals surface area (Å²) in [6.07, 6.45) is 1.72. The third kappa shape index (κ3) is 4.01. The molecule has 4 rings (SSSR count). The highest BCUT2D eigenvalue weighted by Gasteiger charge is 2.35. The van der Waals surface area contributed by atoms with E-state index >= 15 is 0 Å². The number of pyridine rings is 1. The predicted molar refractivity (Wildman–Crippen MR) is 119 cm³/mol. The van der Waals surface area contributed by atoms with Crippen LogP contribution in [0.3, 0.4) is 0 Å². The lowest BCUT2D eigenvalue weighted by molar-refractivity contribution is -0.116. The number of hydrogen-bond acceptors (Lipinski definition) is 5. The summed E-state index contributed by atoms with van der Waals surface area (Å²) in [7, 11) is 1.75. The van der Waals surface area contributed by atoms with Crippen molar-refractivity contribution in [3.05, 3.63) is 63.0 Å². The molecule has 10 heteroatoms. The molecule has 8 nitrogen and oxygen atoms in total. The highest BCUT2D eigenvalue weighted by atomic mass is 35.5. The van der Waals surface area contributed by atoms with Gasteiger partial charge < -0.3 is 16.0 Å². The SMILES string of the molecule is Cc1nc2c(c(-c3ccc(Cl)cc3Cl)c1CN)C(=O)N(CC(=O)Nc1ccn(C)n1)C2. The van der Waals surface area contributed by atoms with Gasteiger partial charge in [0.1, 0.15) is 6.54 Å². The summed E-state index contributed by atoms with van der Waals surface area (Å²) in [6.45, 7) is 2.12. The second-order valence-electron chi connectivity index (χ2n) is 7.28. The second-order valence-corrected chi connectivity index (χ2v) is 8.13. The molecular formula is C21H20Cl2N6O2. The highest BCUT2D eigenvalue weighted by Crippen LogP contribution is 2.39. The Morgan fingerprint density at radius 3 is 2.68 bits per heavy atom. The molecule has 0 saturated carbocycles. The van der Waals surface area contributed by atoms with Crippen LogP contribution in [0.25, 0.3) is 11.1 Å². The van der Waals surface area contributed by atoms with E-state index in [2.05, 4.69) is 15.4 Å². The molecule has 1 aliphatic heterocycles. The smallest absolute Gasteiger partial charge is 0.257 e. The first-order valence-corrected chi connectivity index (χ1v) is 10.3. The minimum absolute atomic E-state index is 0.128. The number of halogens is 2. The summed E-state index contributed by atoms with van der Waals surface area (Å²) in [6, 6.07) is 6.78. The molecule has 0 bridgehead atoms. The van der Waals surface area contributed by atoms with Gasteiger partial charge in [-0.15, -0.1) is 0 Å². The van der Waals surface area contributed by atoms with Gasteiger partial charge in [0.05, 0.1) is 17.8 Å². The van der Waals surface area contributed by atoms with Crippen molar-refractivity contribution in [1.29, 1.82) is 0 Å². The van der Waals surface area contributed by atoms with Crippen LogP contribution in [0.5, 0.6) is 0 Å². The first-order valence-electron chi connectivity index (χ1n) is 9.55. The molecule has 0 unspecified atom stereocenters. The minimum atomic E-state index is -0.346. The number of amides is 2. The number of nitrogens with two attached hydrogens (primary N) is 1.